The van der Waals surface area contributed by atoms with Crippen molar-refractivity contribution in [1.82, 2.24) is 0 Å². The van der Waals surface area contributed by atoms with Crippen LogP contribution in [0.3, 0.4) is 0 Å². The molecule has 0 aliphatic rings. The van der Waals surface area contributed by atoms with Crippen molar-refractivity contribution in [2.45, 2.75) is 20.0 Å². The molecule has 0 aromatic heterocycles. The molecule has 0 aromatic carbocycles. The van der Waals surface area contributed by atoms with Gasteiger partial charge >= 0.3 is 0 Å². The van der Waals surface area contributed by atoms with E-state index in [9.17, 15) is 8.78 Å². The molecule has 1 unspecified atom stereocenters. The maximum atomic E-state index is 12.4. The molecular formula is C6H9ClF2O. The average Bonchev–Trinajstić information content (AvgIpc) is 1.87. The highest BCUT2D eigenvalue weighted by Gasteiger charge is 2.12. The van der Waals surface area contributed by atoms with Gasteiger partial charge in [-0.15, -0.1) is 0 Å². The van der Waals surface area contributed by atoms with E-state index >= 15 is 0 Å². The van der Waals surface area contributed by atoms with Crippen LogP contribution in [0.25, 0.3) is 0 Å². The minimum Gasteiger partial charge on any atom is -0.372 e. The highest BCUT2D eigenvalue weighted by atomic mass is 35.5. The molecule has 1 atom stereocenters. The zero-order valence-corrected chi connectivity index (χ0v) is 6.58. The third kappa shape index (κ3) is 3.13. The topological polar surface area (TPSA) is 9.23 Å². The van der Waals surface area contributed by atoms with Gasteiger partial charge in [0, 0.05) is 6.61 Å². The van der Waals surface area contributed by atoms with Crippen molar-refractivity contribution < 1.29 is 13.5 Å². The first-order valence-corrected chi connectivity index (χ1v) is 3.29. The molecule has 0 aromatic rings. The van der Waals surface area contributed by atoms with Gasteiger partial charge in [-0.1, -0.05) is 0 Å². The zero-order valence-electron chi connectivity index (χ0n) is 5.83. The summed E-state index contributed by atoms with van der Waals surface area (Å²) in [5, 5.41) is -1.33. The van der Waals surface area contributed by atoms with Gasteiger partial charge in [-0.05, 0) is 25.4 Å². The minimum atomic E-state index is -1.33. The summed E-state index contributed by atoms with van der Waals surface area (Å²) >= 11 is 4.72. The predicted octanol–water partition coefficient (Wildman–Crippen LogP) is 2.76. The average molecular weight is 171 g/mol. The lowest BCUT2D eigenvalue weighted by Gasteiger charge is -2.07. The van der Waals surface area contributed by atoms with Crippen molar-refractivity contribution in [2.75, 3.05) is 6.61 Å². The van der Waals surface area contributed by atoms with Crippen molar-refractivity contribution in [3.05, 3.63) is 11.1 Å². The third-order valence-corrected chi connectivity index (χ3v) is 1.13. The Morgan fingerprint density at radius 3 is 2.40 bits per heavy atom. The standard InChI is InChI=1S/C6H9ClF2O/c1-3-10-4(2)5(8)6(7)9/h4H,3H2,1-2H3/b6-5+. The van der Waals surface area contributed by atoms with E-state index in [1.807, 2.05) is 0 Å². The highest BCUT2D eigenvalue weighted by molar-refractivity contribution is 6.28. The molecule has 4 heteroatoms. The van der Waals surface area contributed by atoms with Crippen LogP contribution in [0.2, 0.25) is 0 Å². The van der Waals surface area contributed by atoms with Crippen molar-refractivity contribution in [2.24, 2.45) is 0 Å². The van der Waals surface area contributed by atoms with E-state index in [0.29, 0.717) is 6.61 Å². The van der Waals surface area contributed by atoms with Crippen LogP contribution in [0.4, 0.5) is 8.78 Å². The molecule has 10 heavy (non-hydrogen) atoms. The lowest BCUT2D eigenvalue weighted by molar-refractivity contribution is 0.0834. The number of hydrogen-bond donors (Lipinski definition) is 0. The summed E-state index contributed by atoms with van der Waals surface area (Å²) in [7, 11) is 0. The molecular weight excluding hydrogens is 162 g/mol. The second kappa shape index (κ2) is 4.63. The lowest BCUT2D eigenvalue weighted by atomic mass is 10.4. The van der Waals surface area contributed by atoms with Crippen LogP contribution in [0, 0.1) is 0 Å². The molecule has 0 fully saturated rings. The van der Waals surface area contributed by atoms with Crippen LogP contribution < -0.4 is 0 Å². The van der Waals surface area contributed by atoms with Crippen LogP contribution in [-0.2, 0) is 4.74 Å². The molecule has 0 spiro atoms. The van der Waals surface area contributed by atoms with Gasteiger partial charge in [-0.25, -0.2) is 4.39 Å². The molecule has 0 aliphatic heterocycles. The largest absolute Gasteiger partial charge is 0.372 e. The maximum Gasteiger partial charge on any atom is 0.223 e. The molecule has 0 rings (SSSR count). The minimum absolute atomic E-state index is 0.332. The first-order valence-electron chi connectivity index (χ1n) is 2.91. The lowest BCUT2D eigenvalue weighted by Crippen LogP contribution is -2.08. The molecule has 0 aliphatic carbocycles. The summed E-state index contributed by atoms with van der Waals surface area (Å²) in [6.45, 7) is 3.41. The van der Waals surface area contributed by atoms with Gasteiger partial charge in [0.2, 0.25) is 5.29 Å². The van der Waals surface area contributed by atoms with Crippen LogP contribution >= 0.6 is 11.6 Å². The second-order valence-corrected chi connectivity index (χ2v) is 2.04. The van der Waals surface area contributed by atoms with Gasteiger partial charge < -0.3 is 4.74 Å². The van der Waals surface area contributed by atoms with Gasteiger partial charge in [-0.2, -0.15) is 4.39 Å². The third-order valence-electron chi connectivity index (χ3n) is 0.954. The summed E-state index contributed by atoms with van der Waals surface area (Å²) in [6, 6.07) is 0. The number of hydrogen-bond acceptors (Lipinski definition) is 1. The van der Waals surface area contributed by atoms with E-state index in [1.165, 1.54) is 6.92 Å². The summed E-state index contributed by atoms with van der Waals surface area (Å²) in [6.07, 6.45) is -0.887. The van der Waals surface area contributed by atoms with Crippen LogP contribution in [0.15, 0.2) is 11.1 Å². The van der Waals surface area contributed by atoms with Crippen molar-refractivity contribution in [1.29, 1.82) is 0 Å². The molecule has 0 saturated heterocycles. The van der Waals surface area contributed by atoms with E-state index in [1.54, 1.807) is 6.92 Å². The Kier molecular flexibility index (Phi) is 4.56. The quantitative estimate of drug-likeness (QED) is 0.633. The molecule has 0 N–H and O–H groups in total. The summed E-state index contributed by atoms with van der Waals surface area (Å²) in [5.41, 5.74) is 0. The summed E-state index contributed by atoms with van der Waals surface area (Å²) in [5.74, 6) is -1.05. The van der Waals surface area contributed by atoms with E-state index < -0.39 is 17.2 Å². The predicted molar refractivity (Wildman–Crippen MR) is 36.2 cm³/mol. The molecule has 0 heterocycles. The number of rotatable bonds is 3. The Hall–Kier alpha value is -0.150. The Morgan fingerprint density at radius 2 is 2.10 bits per heavy atom. The fourth-order valence-corrected chi connectivity index (χ4v) is 0.630. The first-order chi connectivity index (χ1) is 4.59. The fraction of sp³-hybridized carbons (Fsp3) is 0.667. The Balaban J connectivity index is 3.94. The number of ether oxygens (including phenoxy) is 1. The monoisotopic (exact) mass is 170 g/mol. The molecule has 0 bridgehead atoms. The zero-order chi connectivity index (χ0) is 8.15. The van der Waals surface area contributed by atoms with Crippen molar-refractivity contribution in [3.63, 3.8) is 0 Å². The second-order valence-electron chi connectivity index (χ2n) is 1.71. The van der Waals surface area contributed by atoms with Crippen LogP contribution in [-0.4, -0.2) is 12.7 Å². The van der Waals surface area contributed by atoms with E-state index in [2.05, 4.69) is 0 Å². The van der Waals surface area contributed by atoms with Gasteiger partial charge in [0.15, 0.2) is 5.83 Å². The normalized spacial score (nSPS) is 16.5. The Bertz CT molecular complexity index is 132. The SMILES string of the molecule is CCOC(C)/C(F)=C(\F)Cl. The Morgan fingerprint density at radius 1 is 1.60 bits per heavy atom. The van der Waals surface area contributed by atoms with Crippen molar-refractivity contribution >= 4 is 11.6 Å². The summed E-state index contributed by atoms with van der Waals surface area (Å²) in [4.78, 5) is 0. The van der Waals surface area contributed by atoms with Gasteiger partial charge in [0.1, 0.15) is 6.10 Å². The van der Waals surface area contributed by atoms with E-state index in [-0.39, 0.29) is 0 Å². The van der Waals surface area contributed by atoms with Gasteiger partial charge in [0.25, 0.3) is 0 Å². The van der Waals surface area contributed by atoms with E-state index in [4.69, 9.17) is 16.3 Å². The van der Waals surface area contributed by atoms with Gasteiger partial charge in [-0.3, -0.25) is 0 Å². The smallest absolute Gasteiger partial charge is 0.223 e. The van der Waals surface area contributed by atoms with E-state index in [0.717, 1.165) is 0 Å². The Labute approximate surface area is 63.6 Å². The van der Waals surface area contributed by atoms with Crippen LogP contribution in [0.5, 0.6) is 0 Å². The molecule has 0 saturated carbocycles. The maximum absolute atomic E-state index is 12.4. The first kappa shape index (κ1) is 9.85. The number of halogens is 3. The van der Waals surface area contributed by atoms with Crippen LogP contribution in [0.1, 0.15) is 13.8 Å². The summed E-state index contributed by atoms with van der Waals surface area (Å²) < 4.78 is 28.9. The van der Waals surface area contributed by atoms with Crippen molar-refractivity contribution in [3.8, 4) is 0 Å². The fourth-order valence-electron chi connectivity index (χ4n) is 0.477. The molecule has 1 nitrogen and oxygen atoms in total. The molecule has 0 radical (unpaired) electrons. The van der Waals surface area contributed by atoms with Gasteiger partial charge in [0.05, 0.1) is 0 Å². The highest BCUT2D eigenvalue weighted by Crippen LogP contribution is 2.17. The molecule has 60 valence electrons. The molecule has 0 amide bonds.